The van der Waals surface area contributed by atoms with E-state index in [-0.39, 0.29) is 10.8 Å². The zero-order chi connectivity index (χ0) is 10.7. The van der Waals surface area contributed by atoms with Crippen LogP contribution in [0.3, 0.4) is 0 Å². The van der Waals surface area contributed by atoms with Gasteiger partial charge in [0.25, 0.3) is 0 Å². The standard InChI is InChI=1S/C10H25N3/c1-9(2,6-11)8(13-5)10(3,4)7-12/h8,13H,6-7,11-12H2,1-5H3. The van der Waals surface area contributed by atoms with Gasteiger partial charge in [0.2, 0.25) is 0 Å². The van der Waals surface area contributed by atoms with Crippen LogP contribution < -0.4 is 16.8 Å². The van der Waals surface area contributed by atoms with Crippen molar-refractivity contribution in [3.05, 3.63) is 0 Å². The Bertz CT molecular complexity index is 136. The molecule has 3 heteroatoms. The number of hydrogen-bond acceptors (Lipinski definition) is 3. The number of hydrogen-bond donors (Lipinski definition) is 3. The molecule has 5 N–H and O–H groups in total. The van der Waals surface area contributed by atoms with Gasteiger partial charge in [-0.1, -0.05) is 27.7 Å². The van der Waals surface area contributed by atoms with Gasteiger partial charge in [-0.15, -0.1) is 0 Å². The molecule has 0 aromatic carbocycles. The minimum Gasteiger partial charge on any atom is -0.330 e. The maximum atomic E-state index is 5.75. The summed E-state index contributed by atoms with van der Waals surface area (Å²) in [6.07, 6.45) is 0. The molecule has 0 aliphatic carbocycles. The first kappa shape index (κ1) is 12.9. The minimum atomic E-state index is 0.0810. The lowest BCUT2D eigenvalue weighted by Gasteiger charge is -2.43. The van der Waals surface area contributed by atoms with Crippen molar-refractivity contribution >= 4 is 0 Å². The maximum Gasteiger partial charge on any atom is 0.0190 e. The van der Waals surface area contributed by atoms with E-state index in [1.54, 1.807) is 0 Å². The van der Waals surface area contributed by atoms with Crippen molar-refractivity contribution in [2.45, 2.75) is 33.7 Å². The van der Waals surface area contributed by atoms with Crippen molar-refractivity contribution in [1.82, 2.24) is 5.32 Å². The third kappa shape index (κ3) is 2.93. The van der Waals surface area contributed by atoms with Gasteiger partial charge in [0.05, 0.1) is 0 Å². The number of nitrogens with two attached hydrogens (primary N) is 2. The van der Waals surface area contributed by atoms with E-state index >= 15 is 0 Å². The first-order chi connectivity index (χ1) is 5.81. The van der Waals surface area contributed by atoms with Crippen LogP contribution in [0.5, 0.6) is 0 Å². The van der Waals surface area contributed by atoms with E-state index in [4.69, 9.17) is 11.5 Å². The van der Waals surface area contributed by atoms with Crippen molar-refractivity contribution in [1.29, 1.82) is 0 Å². The fraction of sp³-hybridized carbons (Fsp3) is 1.00. The molecule has 80 valence electrons. The molecule has 0 atom stereocenters. The largest absolute Gasteiger partial charge is 0.330 e. The molecule has 0 aromatic heterocycles. The molecule has 0 spiro atoms. The molecule has 0 aliphatic rings. The summed E-state index contributed by atoms with van der Waals surface area (Å²) in [6, 6.07) is 0.343. The third-order valence-corrected chi connectivity index (χ3v) is 2.90. The molecule has 0 aliphatic heterocycles. The Balaban J connectivity index is 4.69. The van der Waals surface area contributed by atoms with E-state index in [2.05, 4.69) is 33.0 Å². The molecular formula is C10H25N3. The normalized spacial score (nSPS) is 13.8. The molecule has 0 unspecified atom stereocenters. The van der Waals surface area contributed by atoms with Gasteiger partial charge in [0.15, 0.2) is 0 Å². The minimum absolute atomic E-state index is 0.0810. The zero-order valence-electron chi connectivity index (χ0n) is 9.65. The lowest BCUT2D eigenvalue weighted by molar-refractivity contribution is 0.130. The highest BCUT2D eigenvalue weighted by atomic mass is 14.9. The number of rotatable bonds is 5. The average molecular weight is 187 g/mol. The first-order valence-electron chi connectivity index (χ1n) is 4.89. The maximum absolute atomic E-state index is 5.75. The van der Waals surface area contributed by atoms with Crippen LogP contribution in [0.4, 0.5) is 0 Å². The van der Waals surface area contributed by atoms with Crippen LogP contribution in [0.1, 0.15) is 27.7 Å². The summed E-state index contributed by atoms with van der Waals surface area (Å²) in [5, 5.41) is 3.32. The van der Waals surface area contributed by atoms with Crippen LogP contribution >= 0.6 is 0 Å². The monoisotopic (exact) mass is 187 g/mol. The smallest absolute Gasteiger partial charge is 0.0190 e. The predicted molar refractivity (Wildman–Crippen MR) is 58.5 cm³/mol. The lowest BCUT2D eigenvalue weighted by atomic mass is 9.70. The highest BCUT2D eigenvalue weighted by molar-refractivity contribution is 4.94. The Morgan fingerprint density at radius 3 is 1.46 bits per heavy atom. The van der Waals surface area contributed by atoms with E-state index in [0.29, 0.717) is 19.1 Å². The van der Waals surface area contributed by atoms with Gasteiger partial charge in [-0.25, -0.2) is 0 Å². The SMILES string of the molecule is CNC(C(C)(C)CN)C(C)(C)CN. The summed E-state index contributed by atoms with van der Waals surface area (Å²) in [4.78, 5) is 0. The van der Waals surface area contributed by atoms with E-state index < -0.39 is 0 Å². The lowest BCUT2D eigenvalue weighted by Crippen LogP contribution is -2.55. The Kier molecular flexibility index (Phi) is 4.36. The summed E-state index contributed by atoms with van der Waals surface area (Å²) in [6.45, 7) is 10.0. The summed E-state index contributed by atoms with van der Waals surface area (Å²) < 4.78 is 0. The Morgan fingerprint density at radius 2 is 1.31 bits per heavy atom. The molecule has 0 saturated heterocycles. The van der Waals surface area contributed by atoms with Crippen LogP contribution in [-0.4, -0.2) is 26.2 Å². The fourth-order valence-corrected chi connectivity index (χ4v) is 2.07. The summed E-state index contributed by atoms with van der Waals surface area (Å²) in [7, 11) is 1.97. The van der Waals surface area contributed by atoms with Crippen molar-refractivity contribution < 1.29 is 0 Å². The zero-order valence-corrected chi connectivity index (χ0v) is 9.65. The average Bonchev–Trinajstić information content (AvgIpc) is 2.05. The van der Waals surface area contributed by atoms with Crippen molar-refractivity contribution in [3.63, 3.8) is 0 Å². The van der Waals surface area contributed by atoms with Gasteiger partial charge in [0.1, 0.15) is 0 Å². The van der Waals surface area contributed by atoms with Gasteiger partial charge < -0.3 is 16.8 Å². The van der Waals surface area contributed by atoms with Gasteiger partial charge in [-0.3, -0.25) is 0 Å². The van der Waals surface area contributed by atoms with Gasteiger partial charge in [0, 0.05) is 6.04 Å². The highest BCUT2D eigenvalue weighted by Gasteiger charge is 2.37. The second-order valence-electron chi connectivity index (χ2n) is 5.11. The Morgan fingerprint density at radius 1 is 1.00 bits per heavy atom. The van der Waals surface area contributed by atoms with Crippen LogP contribution in [-0.2, 0) is 0 Å². The fourth-order valence-electron chi connectivity index (χ4n) is 2.07. The van der Waals surface area contributed by atoms with Crippen molar-refractivity contribution in [2.75, 3.05) is 20.1 Å². The molecular weight excluding hydrogens is 162 g/mol. The second kappa shape index (κ2) is 4.40. The summed E-state index contributed by atoms with van der Waals surface area (Å²) in [5.74, 6) is 0. The molecule has 0 amide bonds. The van der Waals surface area contributed by atoms with Crippen molar-refractivity contribution in [3.8, 4) is 0 Å². The van der Waals surface area contributed by atoms with E-state index in [0.717, 1.165) is 0 Å². The Labute approximate surface area is 82.3 Å². The van der Waals surface area contributed by atoms with Crippen molar-refractivity contribution in [2.24, 2.45) is 22.3 Å². The molecule has 0 radical (unpaired) electrons. The third-order valence-electron chi connectivity index (χ3n) is 2.90. The predicted octanol–water partition coefficient (Wildman–Crippen LogP) is 0.544. The van der Waals surface area contributed by atoms with Gasteiger partial charge in [-0.2, -0.15) is 0 Å². The molecule has 0 fully saturated rings. The van der Waals surface area contributed by atoms with Crippen LogP contribution in [0, 0.1) is 10.8 Å². The van der Waals surface area contributed by atoms with E-state index in [1.165, 1.54) is 0 Å². The summed E-state index contributed by atoms with van der Waals surface area (Å²) >= 11 is 0. The van der Waals surface area contributed by atoms with E-state index in [9.17, 15) is 0 Å². The molecule has 0 heterocycles. The highest BCUT2D eigenvalue weighted by Crippen LogP contribution is 2.32. The second-order valence-corrected chi connectivity index (χ2v) is 5.11. The molecule has 0 bridgehead atoms. The summed E-state index contributed by atoms with van der Waals surface area (Å²) in [5.41, 5.74) is 11.7. The quantitative estimate of drug-likeness (QED) is 0.589. The van der Waals surface area contributed by atoms with E-state index in [1.807, 2.05) is 7.05 Å². The topological polar surface area (TPSA) is 64.1 Å². The molecule has 13 heavy (non-hydrogen) atoms. The van der Waals surface area contributed by atoms with Gasteiger partial charge >= 0.3 is 0 Å². The first-order valence-corrected chi connectivity index (χ1v) is 4.89. The van der Waals surface area contributed by atoms with Gasteiger partial charge in [-0.05, 0) is 31.0 Å². The Hall–Kier alpha value is -0.120. The molecule has 0 saturated carbocycles. The van der Waals surface area contributed by atoms with Crippen LogP contribution in [0.25, 0.3) is 0 Å². The molecule has 0 aromatic rings. The molecule has 3 nitrogen and oxygen atoms in total. The van der Waals surface area contributed by atoms with Crippen LogP contribution in [0.2, 0.25) is 0 Å². The van der Waals surface area contributed by atoms with Crippen LogP contribution in [0.15, 0.2) is 0 Å². The number of nitrogens with one attached hydrogen (secondary N) is 1. The molecule has 0 rings (SSSR count).